The summed E-state index contributed by atoms with van der Waals surface area (Å²) in [5, 5.41) is 10.8. The topological polar surface area (TPSA) is 87.9 Å². The van der Waals surface area contributed by atoms with Crippen LogP contribution in [0.1, 0.15) is 27.7 Å². The van der Waals surface area contributed by atoms with Gasteiger partial charge in [0.25, 0.3) is 5.69 Å². The summed E-state index contributed by atoms with van der Waals surface area (Å²) in [5.74, 6) is -0.142. The van der Waals surface area contributed by atoms with Crippen molar-refractivity contribution in [2.24, 2.45) is 0 Å². The second-order valence-electron chi connectivity index (χ2n) is 5.39. The van der Waals surface area contributed by atoms with Crippen molar-refractivity contribution < 1.29 is 23.9 Å². The molecule has 7 nitrogen and oxygen atoms in total. The molecule has 0 bridgehead atoms. The smallest absolute Gasteiger partial charge is 0.347 e. The molecule has 0 fully saturated rings. The van der Waals surface area contributed by atoms with Gasteiger partial charge in [-0.05, 0) is 33.8 Å². The van der Waals surface area contributed by atoms with Gasteiger partial charge in [-0.2, -0.15) is 0 Å². The molecule has 0 aliphatic carbocycles. The average molecular weight is 297 g/mol. The fourth-order valence-corrected chi connectivity index (χ4v) is 1.49. The third kappa shape index (κ3) is 4.94. The van der Waals surface area contributed by atoms with Gasteiger partial charge < -0.3 is 14.2 Å². The van der Waals surface area contributed by atoms with E-state index in [1.54, 1.807) is 20.8 Å². The highest BCUT2D eigenvalue weighted by Gasteiger charge is 2.24. The van der Waals surface area contributed by atoms with Crippen molar-refractivity contribution in [1.82, 2.24) is 0 Å². The van der Waals surface area contributed by atoms with E-state index in [0.29, 0.717) is 5.75 Å². The Morgan fingerprint density at radius 2 is 1.90 bits per heavy atom. The summed E-state index contributed by atoms with van der Waals surface area (Å²) >= 11 is 0. The molecule has 0 N–H and O–H groups in total. The fourth-order valence-electron chi connectivity index (χ4n) is 1.49. The summed E-state index contributed by atoms with van der Waals surface area (Å²) in [7, 11) is 1.41. The Labute approximate surface area is 123 Å². The van der Waals surface area contributed by atoms with Gasteiger partial charge in [0.15, 0.2) is 17.6 Å². The van der Waals surface area contributed by atoms with Crippen LogP contribution in [-0.2, 0) is 9.53 Å². The minimum atomic E-state index is -0.917. The molecule has 0 aliphatic heterocycles. The quantitative estimate of drug-likeness (QED) is 0.471. The molecule has 21 heavy (non-hydrogen) atoms. The number of rotatable bonds is 5. The zero-order chi connectivity index (χ0) is 16.2. The fraction of sp³-hybridized carbons (Fsp3) is 0.500. The Morgan fingerprint density at radius 1 is 1.29 bits per heavy atom. The Hall–Kier alpha value is -2.31. The summed E-state index contributed by atoms with van der Waals surface area (Å²) in [6, 6.07) is 3.92. The molecule has 0 saturated heterocycles. The molecule has 1 aromatic rings. The molecule has 0 radical (unpaired) electrons. The zero-order valence-electron chi connectivity index (χ0n) is 12.7. The van der Waals surface area contributed by atoms with Crippen LogP contribution in [0.25, 0.3) is 0 Å². The van der Waals surface area contributed by atoms with Gasteiger partial charge in [-0.3, -0.25) is 10.1 Å². The van der Waals surface area contributed by atoms with Gasteiger partial charge in [-0.15, -0.1) is 0 Å². The number of ether oxygens (including phenoxy) is 3. The second-order valence-corrected chi connectivity index (χ2v) is 5.39. The average Bonchev–Trinajstić information content (AvgIpc) is 2.36. The maximum Gasteiger partial charge on any atom is 0.347 e. The molecule has 1 rings (SSSR count). The molecule has 0 aromatic heterocycles. The van der Waals surface area contributed by atoms with E-state index in [0.717, 1.165) is 0 Å². The van der Waals surface area contributed by atoms with Gasteiger partial charge in [-0.25, -0.2) is 4.79 Å². The maximum atomic E-state index is 11.9. The summed E-state index contributed by atoms with van der Waals surface area (Å²) < 4.78 is 15.7. The summed E-state index contributed by atoms with van der Waals surface area (Å²) in [6.07, 6.45) is -0.917. The van der Waals surface area contributed by atoms with Gasteiger partial charge in [0.2, 0.25) is 0 Å². The molecule has 7 heteroatoms. The normalized spacial score (nSPS) is 12.4. The van der Waals surface area contributed by atoms with Crippen molar-refractivity contribution >= 4 is 11.7 Å². The number of hydrogen-bond donors (Lipinski definition) is 0. The highest BCUT2D eigenvalue weighted by atomic mass is 16.6. The van der Waals surface area contributed by atoms with E-state index < -0.39 is 22.6 Å². The van der Waals surface area contributed by atoms with Crippen molar-refractivity contribution in [1.29, 1.82) is 0 Å². The number of benzene rings is 1. The molecule has 1 atom stereocenters. The Morgan fingerprint density at radius 3 is 2.38 bits per heavy atom. The molecule has 0 saturated carbocycles. The van der Waals surface area contributed by atoms with Crippen LogP contribution in [0, 0.1) is 10.1 Å². The van der Waals surface area contributed by atoms with E-state index in [4.69, 9.17) is 14.2 Å². The zero-order valence-corrected chi connectivity index (χ0v) is 12.7. The lowest BCUT2D eigenvalue weighted by atomic mass is 10.2. The third-order valence-electron chi connectivity index (χ3n) is 2.40. The van der Waals surface area contributed by atoms with Crippen LogP contribution in [0.4, 0.5) is 5.69 Å². The van der Waals surface area contributed by atoms with Crippen molar-refractivity contribution in [2.45, 2.75) is 39.4 Å². The van der Waals surface area contributed by atoms with Gasteiger partial charge >= 0.3 is 5.97 Å². The van der Waals surface area contributed by atoms with E-state index in [9.17, 15) is 14.9 Å². The van der Waals surface area contributed by atoms with E-state index in [2.05, 4.69) is 0 Å². The minimum Gasteiger partial charge on any atom is -0.493 e. The lowest BCUT2D eigenvalue weighted by Gasteiger charge is -2.23. The molecule has 0 spiro atoms. The predicted molar refractivity (Wildman–Crippen MR) is 75.6 cm³/mol. The Balaban J connectivity index is 2.92. The second kappa shape index (κ2) is 6.43. The maximum absolute atomic E-state index is 11.9. The van der Waals surface area contributed by atoms with Crippen LogP contribution < -0.4 is 9.47 Å². The molecule has 0 heterocycles. The van der Waals surface area contributed by atoms with Crippen LogP contribution in [0.5, 0.6) is 11.5 Å². The Bertz CT molecular complexity index is 535. The van der Waals surface area contributed by atoms with Crippen LogP contribution in [0.2, 0.25) is 0 Å². The molecule has 116 valence electrons. The summed E-state index contributed by atoms with van der Waals surface area (Å²) in [5.41, 5.74) is -0.788. The third-order valence-corrected chi connectivity index (χ3v) is 2.40. The van der Waals surface area contributed by atoms with Gasteiger partial charge in [0.05, 0.1) is 18.1 Å². The van der Waals surface area contributed by atoms with Crippen molar-refractivity contribution in [3.8, 4) is 11.5 Å². The van der Waals surface area contributed by atoms with Gasteiger partial charge in [0, 0.05) is 6.07 Å². The van der Waals surface area contributed by atoms with E-state index in [1.165, 1.54) is 32.2 Å². The number of nitro benzene ring substituents is 1. The molecule has 1 unspecified atom stereocenters. The molecule has 0 aliphatic rings. The molecular formula is C14H19NO6. The first-order valence-corrected chi connectivity index (χ1v) is 6.36. The van der Waals surface area contributed by atoms with Crippen molar-refractivity contribution in [2.75, 3.05) is 7.11 Å². The highest BCUT2D eigenvalue weighted by Crippen LogP contribution is 2.32. The van der Waals surface area contributed by atoms with Crippen molar-refractivity contribution in [3.05, 3.63) is 28.3 Å². The number of hydrogen-bond acceptors (Lipinski definition) is 6. The number of nitrogens with zero attached hydrogens (tertiary/aromatic N) is 1. The first-order valence-electron chi connectivity index (χ1n) is 6.36. The highest BCUT2D eigenvalue weighted by molar-refractivity contribution is 5.75. The lowest BCUT2D eigenvalue weighted by Crippen LogP contribution is -2.33. The summed E-state index contributed by atoms with van der Waals surface area (Å²) in [4.78, 5) is 22.1. The van der Waals surface area contributed by atoms with Crippen LogP contribution in [-0.4, -0.2) is 29.7 Å². The number of nitro groups is 1. The SMILES string of the molecule is COc1ccc([N+](=O)[O-])cc1OC(C)C(=O)OC(C)(C)C. The summed E-state index contributed by atoms with van der Waals surface area (Å²) in [6.45, 7) is 6.73. The molecule has 1 aromatic carbocycles. The van der Waals surface area contributed by atoms with Crippen LogP contribution in [0.3, 0.4) is 0 Å². The van der Waals surface area contributed by atoms with Crippen LogP contribution in [0.15, 0.2) is 18.2 Å². The number of non-ortho nitro benzene ring substituents is 1. The van der Waals surface area contributed by atoms with Crippen molar-refractivity contribution in [3.63, 3.8) is 0 Å². The van der Waals surface area contributed by atoms with E-state index in [1.807, 2.05) is 0 Å². The number of carbonyl (C=O) groups excluding carboxylic acids is 1. The first-order chi connectivity index (χ1) is 9.64. The predicted octanol–water partition coefficient (Wildman–Crippen LogP) is 2.71. The number of methoxy groups -OCH3 is 1. The van der Waals surface area contributed by atoms with E-state index >= 15 is 0 Å². The number of esters is 1. The first kappa shape index (κ1) is 16.7. The van der Waals surface area contributed by atoms with Gasteiger partial charge in [-0.1, -0.05) is 0 Å². The largest absolute Gasteiger partial charge is 0.493 e. The van der Waals surface area contributed by atoms with Crippen LogP contribution >= 0.6 is 0 Å². The Kier molecular flexibility index (Phi) is 5.12. The minimum absolute atomic E-state index is 0.116. The van der Waals surface area contributed by atoms with E-state index in [-0.39, 0.29) is 11.4 Å². The number of carbonyl (C=O) groups is 1. The molecular weight excluding hydrogens is 278 g/mol. The monoisotopic (exact) mass is 297 g/mol. The standard InChI is InChI=1S/C14H19NO6/c1-9(13(16)21-14(2,3)4)20-12-8-10(15(17)18)6-7-11(12)19-5/h6-9H,1-5H3. The molecule has 0 amide bonds. The lowest BCUT2D eigenvalue weighted by molar-refractivity contribution is -0.385. The van der Waals surface area contributed by atoms with Gasteiger partial charge in [0.1, 0.15) is 5.60 Å².